The molecule has 1 aromatic heterocycles. The van der Waals surface area contributed by atoms with Gasteiger partial charge in [0, 0.05) is 5.69 Å². The highest BCUT2D eigenvalue weighted by Crippen LogP contribution is 2.18. The minimum absolute atomic E-state index is 0.231. The van der Waals surface area contributed by atoms with Gasteiger partial charge in [-0.1, -0.05) is 6.07 Å². The Hall–Kier alpha value is -1.42. The summed E-state index contributed by atoms with van der Waals surface area (Å²) in [4.78, 5) is 0. The fourth-order valence-corrected chi connectivity index (χ4v) is 2.14. The first-order valence-corrected chi connectivity index (χ1v) is 7.15. The number of benzene rings is 1. The second-order valence-corrected chi connectivity index (χ2v) is 4.98. The van der Waals surface area contributed by atoms with Crippen LogP contribution in [0.3, 0.4) is 0 Å². The van der Waals surface area contributed by atoms with E-state index in [2.05, 4.69) is 5.32 Å². The molecular weight excluding hydrogens is 249 g/mol. The van der Waals surface area contributed by atoms with Crippen LogP contribution in [0, 0.1) is 12.7 Å². The molecule has 0 amide bonds. The van der Waals surface area contributed by atoms with E-state index in [9.17, 15) is 4.39 Å². The molecule has 1 N–H and O–H groups in total. The first-order chi connectivity index (χ1) is 8.69. The zero-order valence-electron chi connectivity index (χ0n) is 10.5. The van der Waals surface area contributed by atoms with Gasteiger partial charge in [0.2, 0.25) is 0 Å². The standard InChI is InChI=1S/C14H16FNOS/c1-10-3-4-11(15)7-14(10)16-8-12-5-6-13(17-12)9-18-2/h3-7,16H,8-9H2,1-2H3. The van der Waals surface area contributed by atoms with Crippen molar-refractivity contribution in [3.63, 3.8) is 0 Å². The van der Waals surface area contributed by atoms with E-state index < -0.39 is 0 Å². The molecule has 96 valence electrons. The molecule has 0 spiro atoms. The van der Waals surface area contributed by atoms with Crippen LogP contribution in [0.4, 0.5) is 10.1 Å². The smallest absolute Gasteiger partial charge is 0.125 e. The van der Waals surface area contributed by atoms with Crippen LogP contribution in [0.5, 0.6) is 0 Å². The maximum Gasteiger partial charge on any atom is 0.125 e. The van der Waals surface area contributed by atoms with Crippen molar-refractivity contribution in [3.05, 3.63) is 53.2 Å². The fourth-order valence-electron chi connectivity index (χ4n) is 1.70. The van der Waals surface area contributed by atoms with Gasteiger partial charge in [0.05, 0.1) is 12.3 Å². The SMILES string of the molecule is CSCc1ccc(CNc2cc(F)ccc2C)o1. The van der Waals surface area contributed by atoms with Crippen LogP contribution in [0.2, 0.25) is 0 Å². The highest BCUT2D eigenvalue weighted by atomic mass is 32.2. The lowest BCUT2D eigenvalue weighted by molar-refractivity contribution is 0.487. The average Bonchev–Trinajstić information content (AvgIpc) is 2.79. The molecule has 0 saturated heterocycles. The molecule has 0 aliphatic rings. The quantitative estimate of drug-likeness (QED) is 0.877. The van der Waals surface area contributed by atoms with Gasteiger partial charge in [0.1, 0.15) is 17.3 Å². The molecule has 0 radical (unpaired) electrons. The second kappa shape index (κ2) is 5.96. The molecule has 0 saturated carbocycles. The lowest BCUT2D eigenvalue weighted by Crippen LogP contribution is -2.00. The van der Waals surface area contributed by atoms with Crippen LogP contribution < -0.4 is 5.32 Å². The minimum Gasteiger partial charge on any atom is -0.463 e. The monoisotopic (exact) mass is 265 g/mol. The van der Waals surface area contributed by atoms with Crippen LogP contribution in [0.15, 0.2) is 34.7 Å². The van der Waals surface area contributed by atoms with Gasteiger partial charge in [-0.05, 0) is 43.0 Å². The van der Waals surface area contributed by atoms with Crippen molar-refractivity contribution in [2.75, 3.05) is 11.6 Å². The molecule has 2 nitrogen and oxygen atoms in total. The van der Waals surface area contributed by atoms with E-state index >= 15 is 0 Å². The Morgan fingerprint density at radius 2 is 2.00 bits per heavy atom. The summed E-state index contributed by atoms with van der Waals surface area (Å²) in [6.07, 6.45) is 2.04. The molecule has 4 heteroatoms. The van der Waals surface area contributed by atoms with Gasteiger partial charge >= 0.3 is 0 Å². The summed E-state index contributed by atoms with van der Waals surface area (Å²) in [5, 5.41) is 3.18. The average molecular weight is 265 g/mol. The predicted octanol–water partition coefficient (Wildman–Crippen LogP) is 4.20. The molecule has 2 aromatic rings. The fraction of sp³-hybridized carbons (Fsp3) is 0.286. The molecular formula is C14H16FNOS. The Balaban J connectivity index is 1.99. The van der Waals surface area contributed by atoms with Crippen molar-refractivity contribution in [2.24, 2.45) is 0 Å². The number of hydrogen-bond donors (Lipinski definition) is 1. The van der Waals surface area contributed by atoms with Crippen LogP contribution >= 0.6 is 11.8 Å². The van der Waals surface area contributed by atoms with Crippen molar-refractivity contribution < 1.29 is 8.81 Å². The lowest BCUT2D eigenvalue weighted by atomic mass is 10.2. The summed E-state index contributed by atoms with van der Waals surface area (Å²) in [6, 6.07) is 8.66. The number of rotatable bonds is 5. The van der Waals surface area contributed by atoms with Gasteiger partial charge in [-0.2, -0.15) is 11.8 Å². The Labute approximate surface area is 111 Å². The van der Waals surface area contributed by atoms with E-state index in [1.165, 1.54) is 12.1 Å². The number of thioether (sulfide) groups is 1. The number of aryl methyl sites for hydroxylation is 1. The van der Waals surface area contributed by atoms with Crippen molar-refractivity contribution in [2.45, 2.75) is 19.2 Å². The summed E-state index contributed by atoms with van der Waals surface area (Å²) < 4.78 is 18.8. The van der Waals surface area contributed by atoms with E-state index in [0.717, 1.165) is 28.5 Å². The maximum absolute atomic E-state index is 13.1. The van der Waals surface area contributed by atoms with Crippen LogP contribution in [-0.4, -0.2) is 6.26 Å². The third-order valence-electron chi connectivity index (χ3n) is 2.66. The molecule has 0 unspecified atom stereocenters. The molecule has 0 aliphatic heterocycles. The molecule has 1 heterocycles. The molecule has 0 fully saturated rings. The van der Waals surface area contributed by atoms with Crippen molar-refractivity contribution >= 4 is 17.4 Å². The largest absolute Gasteiger partial charge is 0.463 e. The van der Waals surface area contributed by atoms with Crippen LogP contribution in [0.25, 0.3) is 0 Å². The van der Waals surface area contributed by atoms with E-state index in [1.807, 2.05) is 25.3 Å². The minimum atomic E-state index is -0.231. The Morgan fingerprint density at radius 1 is 1.22 bits per heavy atom. The third kappa shape index (κ3) is 3.29. The maximum atomic E-state index is 13.1. The molecule has 0 bridgehead atoms. The van der Waals surface area contributed by atoms with E-state index in [4.69, 9.17) is 4.42 Å². The van der Waals surface area contributed by atoms with E-state index in [1.54, 1.807) is 17.8 Å². The molecule has 18 heavy (non-hydrogen) atoms. The third-order valence-corrected chi connectivity index (χ3v) is 3.23. The number of nitrogens with one attached hydrogen (secondary N) is 1. The Bertz CT molecular complexity index is 524. The number of anilines is 1. The van der Waals surface area contributed by atoms with E-state index in [-0.39, 0.29) is 5.82 Å². The molecule has 0 aliphatic carbocycles. The van der Waals surface area contributed by atoms with Crippen LogP contribution in [0.1, 0.15) is 17.1 Å². The second-order valence-electron chi connectivity index (χ2n) is 4.11. The molecule has 2 rings (SSSR count). The van der Waals surface area contributed by atoms with Crippen molar-refractivity contribution in [1.82, 2.24) is 0 Å². The number of hydrogen-bond acceptors (Lipinski definition) is 3. The first-order valence-electron chi connectivity index (χ1n) is 5.75. The Kier molecular flexibility index (Phi) is 4.31. The van der Waals surface area contributed by atoms with Crippen LogP contribution in [-0.2, 0) is 12.3 Å². The van der Waals surface area contributed by atoms with Crippen molar-refractivity contribution in [3.8, 4) is 0 Å². The van der Waals surface area contributed by atoms with Gasteiger partial charge in [-0.3, -0.25) is 0 Å². The number of furan rings is 1. The predicted molar refractivity (Wildman–Crippen MR) is 74.4 cm³/mol. The normalized spacial score (nSPS) is 10.6. The summed E-state index contributed by atoms with van der Waals surface area (Å²) in [5.74, 6) is 2.47. The Morgan fingerprint density at radius 3 is 2.78 bits per heavy atom. The first kappa shape index (κ1) is 13.0. The zero-order chi connectivity index (χ0) is 13.0. The van der Waals surface area contributed by atoms with Gasteiger partial charge in [0.25, 0.3) is 0 Å². The zero-order valence-corrected chi connectivity index (χ0v) is 11.3. The lowest BCUT2D eigenvalue weighted by Gasteiger charge is -2.08. The summed E-state index contributed by atoms with van der Waals surface area (Å²) in [7, 11) is 0. The van der Waals surface area contributed by atoms with Gasteiger partial charge < -0.3 is 9.73 Å². The van der Waals surface area contributed by atoms with Gasteiger partial charge in [-0.25, -0.2) is 4.39 Å². The van der Waals surface area contributed by atoms with E-state index in [0.29, 0.717) is 6.54 Å². The van der Waals surface area contributed by atoms with Crippen molar-refractivity contribution in [1.29, 1.82) is 0 Å². The summed E-state index contributed by atoms with van der Waals surface area (Å²) in [5.41, 5.74) is 1.82. The highest BCUT2D eigenvalue weighted by Gasteiger charge is 2.03. The topological polar surface area (TPSA) is 25.2 Å². The highest BCUT2D eigenvalue weighted by molar-refractivity contribution is 7.97. The van der Waals surface area contributed by atoms with Gasteiger partial charge in [0.15, 0.2) is 0 Å². The molecule has 1 aromatic carbocycles. The summed E-state index contributed by atoms with van der Waals surface area (Å²) >= 11 is 1.72. The summed E-state index contributed by atoms with van der Waals surface area (Å²) in [6.45, 7) is 2.52. The number of halogens is 1. The van der Waals surface area contributed by atoms with Gasteiger partial charge in [-0.15, -0.1) is 0 Å². The molecule has 0 atom stereocenters.